The Bertz CT molecular complexity index is 769. The largest absolute Gasteiger partial charge is 0.350 e. The molecule has 24 heavy (non-hydrogen) atoms. The zero-order valence-corrected chi connectivity index (χ0v) is 14.8. The van der Waals surface area contributed by atoms with Crippen molar-refractivity contribution in [3.63, 3.8) is 0 Å². The molecule has 0 spiro atoms. The highest BCUT2D eigenvalue weighted by atomic mass is 32.1. The number of fused-ring (bicyclic) bond motifs is 1. The molecule has 1 aliphatic rings. The van der Waals surface area contributed by atoms with Crippen LogP contribution in [-0.4, -0.2) is 33.2 Å². The summed E-state index contributed by atoms with van der Waals surface area (Å²) in [7, 11) is 0. The van der Waals surface area contributed by atoms with Crippen LogP contribution in [0.4, 0.5) is 0 Å². The minimum Gasteiger partial charge on any atom is -0.350 e. The van der Waals surface area contributed by atoms with E-state index in [1.54, 1.807) is 17.4 Å². The molecule has 3 heterocycles. The Morgan fingerprint density at radius 3 is 3.04 bits per heavy atom. The van der Waals surface area contributed by atoms with Crippen LogP contribution in [0, 0.1) is 0 Å². The van der Waals surface area contributed by atoms with Gasteiger partial charge in [-0.15, -0.1) is 11.3 Å². The van der Waals surface area contributed by atoms with Gasteiger partial charge >= 0.3 is 0 Å². The lowest BCUT2D eigenvalue weighted by molar-refractivity contribution is -0.126. The van der Waals surface area contributed by atoms with E-state index in [4.69, 9.17) is 0 Å². The average molecular weight is 346 g/mol. The number of hydrogen-bond donors (Lipinski definition) is 1. The second kappa shape index (κ2) is 7.27. The molecule has 0 radical (unpaired) electrons. The number of rotatable bonds is 5. The Balaban J connectivity index is 1.64. The van der Waals surface area contributed by atoms with Crippen molar-refractivity contribution in [2.24, 2.45) is 0 Å². The molecule has 2 aromatic heterocycles. The van der Waals surface area contributed by atoms with Gasteiger partial charge in [0.25, 0.3) is 5.56 Å². The summed E-state index contributed by atoms with van der Waals surface area (Å²) >= 11 is 1.63. The smallest absolute Gasteiger partial charge is 0.267 e. The van der Waals surface area contributed by atoms with Gasteiger partial charge < -0.3 is 5.32 Å². The number of aryl methyl sites for hydroxylation is 1. The highest BCUT2D eigenvalue weighted by molar-refractivity contribution is 7.09. The summed E-state index contributed by atoms with van der Waals surface area (Å²) in [5.74, 6) is 0.0155. The minimum atomic E-state index is -0.230. The van der Waals surface area contributed by atoms with Gasteiger partial charge in [0, 0.05) is 37.0 Å². The highest BCUT2D eigenvalue weighted by Crippen LogP contribution is 2.17. The molecule has 7 heteroatoms. The van der Waals surface area contributed by atoms with Crippen molar-refractivity contribution < 1.29 is 4.79 Å². The fourth-order valence-corrected chi connectivity index (χ4v) is 3.56. The molecule has 2 aromatic rings. The van der Waals surface area contributed by atoms with E-state index in [1.165, 1.54) is 4.68 Å². The van der Waals surface area contributed by atoms with E-state index in [2.05, 4.69) is 15.3 Å². The zero-order chi connectivity index (χ0) is 17.1. The summed E-state index contributed by atoms with van der Waals surface area (Å²) in [5, 5.41) is 9.40. The van der Waals surface area contributed by atoms with E-state index in [1.807, 2.05) is 31.4 Å². The molecule has 0 saturated heterocycles. The van der Waals surface area contributed by atoms with Crippen LogP contribution < -0.4 is 10.9 Å². The number of thiophene rings is 1. The second-order valence-corrected chi connectivity index (χ2v) is 7.00. The number of amides is 1. The van der Waals surface area contributed by atoms with Crippen molar-refractivity contribution in [1.29, 1.82) is 0 Å². The van der Waals surface area contributed by atoms with E-state index in [0.29, 0.717) is 19.6 Å². The monoisotopic (exact) mass is 346 g/mol. The van der Waals surface area contributed by atoms with Crippen LogP contribution in [0.1, 0.15) is 30.0 Å². The molecule has 0 bridgehead atoms. The summed E-state index contributed by atoms with van der Waals surface area (Å²) in [4.78, 5) is 27.6. The normalized spacial score (nSPS) is 15.8. The first-order valence-electron chi connectivity index (χ1n) is 8.22. The van der Waals surface area contributed by atoms with Crippen LogP contribution in [0.5, 0.6) is 0 Å². The lowest BCUT2D eigenvalue weighted by atomic mass is 10.0. The first-order valence-corrected chi connectivity index (χ1v) is 9.10. The third-order valence-electron chi connectivity index (χ3n) is 4.42. The number of nitrogens with one attached hydrogen (secondary N) is 1. The summed E-state index contributed by atoms with van der Waals surface area (Å²) in [5.41, 5.74) is 1.83. The summed E-state index contributed by atoms with van der Waals surface area (Å²) in [6, 6.07) is 5.42. The highest BCUT2D eigenvalue weighted by Gasteiger charge is 2.26. The second-order valence-electron chi connectivity index (χ2n) is 5.96. The third kappa shape index (κ3) is 3.57. The Morgan fingerprint density at radius 2 is 2.33 bits per heavy atom. The molecular weight excluding hydrogens is 324 g/mol. The maximum absolute atomic E-state index is 12.4. The molecule has 3 rings (SSSR count). The predicted molar refractivity (Wildman–Crippen MR) is 93.9 cm³/mol. The fourth-order valence-electron chi connectivity index (χ4n) is 2.92. The van der Waals surface area contributed by atoms with Gasteiger partial charge in [-0.3, -0.25) is 14.5 Å². The Labute approximate surface area is 145 Å². The number of carbonyl (C=O) groups excluding carboxylic acids is 1. The first-order chi connectivity index (χ1) is 11.6. The fraction of sp³-hybridized carbons (Fsp3) is 0.471. The Kier molecular flexibility index (Phi) is 5.11. The standard InChI is InChI=1S/C17H22N4O2S/c1-3-21-16(22)9-13-11-20(7-6-15(13)19-21)12(2)17(23)18-10-14-5-4-8-24-14/h4-5,8-9,12H,3,6-7,10-11H2,1-2H3,(H,18,23)/t12-/m0/s1. The van der Waals surface area contributed by atoms with Gasteiger partial charge in [-0.05, 0) is 30.9 Å². The van der Waals surface area contributed by atoms with Crippen LogP contribution in [0.3, 0.4) is 0 Å². The van der Waals surface area contributed by atoms with Crippen molar-refractivity contribution in [3.8, 4) is 0 Å². The predicted octanol–water partition coefficient (Wildman–Crippen LogP) is 1.39. The van der Waals surface area contributed by atoms with Gasteiger partial charge in [-0.2, -0.15) is 5.10 Å². The average Bonchev–Trinajstić information content (AvgIpc) is 3.11. The van der Waals surface area contributed by atoms with Crippen molar-refractivity contribution >= 4 is 17.2 Å². The maximum atomic E-state index is 12.4. The van der Waals surface area contributed by atoms with Crippen LogP contribution in [-0.2, 0) is 30.8 Å². The van der Waals surface area contributed by atoms with Crippen LogP contribution in [0.15, 0.2) is 28.4 Å². The van der Waals surface area contributed by atoms with Gasteiger partial charge in [-0.25, -0.2) is 4.68 Å². The van der Waals surface area contributed by atoms with Crippen LogP contribution in [0.2, 0.25) is 0 Å². The molecule has 0 saturated carbocycles. The van der Waals surface area contributed by atoms with Gasteiger partial charge in [0.1, 0.15) is 0 Å². The topological polar surface area (TPSA) is 67.2 Å². The van der Waals surface area contributed by atoms with Crippen LogP contribution >= 0.6 is 11.3 Å². The Morgan fingerprint density at radius 1 is 1.50 bits per heavy atom. The number of nitrogens with zero attached hydrogens (tertiary/aromatic N) is 3. The Hall–Kier alpha value is -1.99. The van der Waals surface area contributed by atoms with Gasteiger partial charge in [0.2, 0.25) is 5.91 Å². The quantitative estimate of drug-likeness (QED) is 0.888. The van der Waals surface area contributed by atoms with E-state index >= 15 is 0 Å². The first kappa shape index (κ1) is 16.9. The van der Waals surface area contributed by atoms with Crippen molar-refractivity contribution in [3.05, 3.63) is 50.1 Å². The molecule has 0 unspecified atom stereocenters. The van der Waals surface area contributed by atoms with Crippen molar-refractivity contribution in [2.45, 2.75) is 45.9 Å². The lowest BCUT2D eigenvalue weighted by Crippen LogP contribution is -2.47. The summed E-state index contributed by atoms with van der Waals surface area (Å²) in [6.45, 7) is 6.34. The van der Waals surface area contributed by atoms with Crippen LogP contribution in [0.25, 0.3) is 0 Å². The van der Waals surface area contributed by atoms with E-state index in [0.717, 1.165) is 29.1 Å². The molecular formula is C17H22N4O2S. The van der Waals surface area contributed by atoms with E-state index < -0.39 is 0 Å². The molecule has 1 amide bonds. The molecule has 1 N–H and O–H groups in total. The lowest BCUT2D eigenvalue weighted by Gasteiger charge is -2.32. The molecule has 128 valence electrons. The molecule has 6 nitrogen and oxygen atoms in total. The van der Waals surface area contributed by atoms with Crippen molar-refractivity contribution in [2.75, 3.05) is 6.54 Å². The third-order valence-corrected chi connectivity index (χ3v) is 5.29. The number of aromatic nitrogens is 2. The van der Waals surface area contributed by atoms with Gasteiger partial charge in [0.05, 0.1) is 18.3 Å². The van der Waals surface area contributed by atoms with Gasteiger partial charge in [-0.1, -0.05) is 6.07 Å². The number of hydrogen-bond acceptors (Lipinski definition) is 5. The van der Waals surface area contributed by atoms with E-state index in [-0.39, 0.29) is 17.5 Å². The molecule has 0 fully saturated rings. The van der Waals surface area contributed by atoms with Gasteiger partial charge in [0.15, 0.2) is 0 Å². The maximum Gasteiger partial charge on any atom is 0.267 e. The van der Waals surface area contributed by atoms with E-state index in [9.17, 15) is 9.59 Å². The van der Waals surface area contributed by atoms with Crippen molar-refractivity contribution in [1.82, 2.24) is 20.0 Å². The molecule has 0 aromatic carbocycles. The zero-order valence-electron chi connectivity index (χ0n) is 14.0. The minimum absolute atomic E-state index is 0.0155. The summed E-state index contributed by atoms with van der Waals surface area (Å²) < 4.78 is 1.49. The molecule has 1 atom stereocenters. The molecule has 1 aliphatic heterocycles. The molecule has 0 aliphatic carbocycles. The summed E-state index contributed by atoms with van der Waals surface area (Å²) in [6.07, 6.45) is 0.762. The SMILES string of the molecule is CCn1nc2c(cc1=O)CN([C@@H](C)C(=O)NCc1cccs1)CC2. The number of carbonyl (C=O) groups is 1.